The number of rotatable bonds is 14. The lowest BCUT2D eigenvalue weighted by molar-refractivity contribution is -0.140. The summed E-state index contributed by atoms with van der Waals surface area (Å²) in [6, 6.07) is 8.21. The van der Waals surface area contributed by atoms with Gasteiger partial charge in [-0.05, 0) is 99.7 Å². The molecular weight excluding hydrogens is 428 g/mol. The van der Waals surface area contributed by atoms with Gasteiger partial charge in [0.1, 0.15) is 5.75 Å². The molecule has 0 bridgehead atoms. The van der Waals surface area contributed by atoms with Gasteiger partial charge >= 0.3 is 5.97 Å². The first-order valence-corrected chi connectivity index (χ1v) is 15.1. The Hall–Kier alpha value is -1.57. The van der Waals surface area contributed by atoms with Gasteiger partial charge in [-0.2, -0.15) is 0 Å². The first-order valence-electron chi connectivity index (χ1n) is 15.1. The monoisotopic (exact) mass is 480 g/mol. The second-order valence-electron chi connectivity index (χ2n) is 11.5. The quantitative estimate of drug-likeness (QED) is 0.115. The van der Waals surface area contributed by atoms with E-state index in [1.54, 1.807) is 0 Å². The molecule has 2 aliphatic rings. The van der Waals surface area contributed by atoms with Crippen LogP contribution in [-0.4, -0.2) is 5.97 Å². The smallest absolute Gasteiger partial charge is 0.314 e. The predicted molar refractivity (Wildman–Crippen MR) is 149 cm³/mol. The molecule has 2 saturated carbocycles. The molecule has 196 valence electrons. The number of benzene rings is 1. The van der Waals surface area contributed by atoms with Gasteiger partial charge in [0.2, 0.25) is 0 Å². The lowest BCUT2D eigenvalue weighted by Gasteiger charge is -2.27. The minimum atomic E-state index is -0.0206. The maximum absolute atomic E-state index is 12.6. The summed E-state index contributed by atoms with van der Waals surface area (Å²) in [5.41, 5.74) is 1.32. The minimum absolute atomic E-state index is 0.0206. The average Bonchev–Trinajstić information content (AvgIpc) is 2.89. The summed E-state index contributed by atoms with van der Waals surface area (Å²) >= 11 is 0. The van der Waals surface area contributed by atoms with E-state index in [4.69, 9.17) is 4.74 Å². The Morgan fingerprint density at radius 2 is 1.37 bits per heavy atom. The zero-order valence-corrected chi connectivity index (χ0v) is 22.8. The lowest BCUT2D eigenvalue weighted by Crippen LogP contribution is -2.25. The van der Waals surface area contributed by atoms with Gasteiger partial charge in [-0.25, -0.2) is 0 Å². The van der Waals surface area contributed by atoms with Crippen LogP contribution in [0.1, 0.15) is 129 Å². The fourth-order valence-corrected chi connectivity index (χ4v) is 6.18. The summed E-state index contributed by atoms with van der Waals surface area (Å²) in [7, 11) is 0. The van der Waals surface area contributed by atoms with Gasteiger partial charge in [0, 0.05) is 0 Å². The van der Waals surface area contributed by atoms with E-state index in [1.165, 1.54) is 95.5 Å². The van der Waals surface area contributed by atoms with E-state index in [0.29, 0.717) is 5.75 Å². The standard InChI is InChI=1S/C33H52O2/c1-3-5-7-11-27-15-17-28(18-16-27)13-9-10-14-30-21-25-32(26-22-30)35-33(34)31-23-19-29(20-24-31)12-8-6-4-2/h9,13,21-22,25-29,31H,3-8,10-12,14-20,23-24H2,1-2H3/b13-9+. The topological polar surface area (TPSA) is 26.3 Å². The Balaban J connectivity index is 1.29. The molecule has 3 rings (SSSR count). The van der Waals surface area contributed by atoms with Gasteiger partial charge in [0.15, 0.2) is 0 Å². The number of carbonyl (C=O) groups excluding carboxylic acids is 1. The van der Waals surface area contributed by atoms with E-state index in [0.717, 1.165) is 43.4 Å². The van der Waals surface area contributed by atoms with Crippen molar-refractivity contribution in [2.24, 2.45) is 23.7 Å². The number of ether oxygens (including phenoxy) is 1. The fraction of sp³-hybridized carbons (Fsp3) is 0.727. The van der Waals surface area contributed by atoms with Crippen LogP contribution in [0.2, 0.25) is 0 Å². The molecule has 35 heavy (non-hydrogen) atoms. The first kappa shape index (κ1) is 28.0. The van der Waals surface area contributed by atoms with Gasteiger partial charge < -0.3 is 4.74 Å². The van der Waals surface area contributed by atoms with E-state index in [9.17, 15) is 4.79 Å². The Labute approximate surface area is 216 Å². The zero-order chi connectivity index (χ0) is 24.7. The Bertz CT molecular complexity index is 718. The molecule has 0 aliphatic heterocycles. The number of carbonyl (C=O) groups is 1. The van der Waals surface area contributed by atoms with Crippen LogP contribution in [0.4, 0.5) is 0 Å². The molecule has 2 fully saturated rings. The molecule has 0 radical (unpaired) electrons. The molecule has 0 saturated heterocycles. The van der Waals surface area contributed by atoms with Crippen molar-refractivity contribution in [1.82, 2.24) is 0 Å². The van der Waals surface area contributed by atoms with Gasteiger partial charge in [-0.15, -0.1) is 0 Å². The van der Waals surface area contributed by atoms with Crippen molar-refractivity contribution in [2.45, 2.75) is 129 Å². The zero-order valence-electron chi connectivity index (χ0n) is 22.8. The Kier molecular flexibility index (Phi) is 13.0. The van der Waals surface area contributed by atoms with Crippen molar-refractivity contribution in [2.75, 3.05) is 0 Å². The summed E-state index contributed by atoms with van der Waals surface area (Å²) in [6.45, 7) is 4.56. The molecule has 1 aromatic carbocycles. The molecule has 0 atom stereocenters. The minimum Gasteiger partial charge on any atom is -0.426 e. The van der Waals surface area contributed by atoms with Gasteiger partial charge in [-0.1, -0.05) is 89.5 Å². The van der Waals surface area contributed by atoms with Crippen LogP contribution in [0.15, 0.2) is 36.4 Å². The van der Waals surface area contributed by atoms with Crippen molar-refractivity contribution >= 4 is 5.97 Å². The highest BCUT2D eigenvalue weighted by Crippen LogP contribution is 2.34. The van der Waals surface area contributed by atoms with E-state index >= 15 is 0 Å². The molecule has 0 unspecified atom stereocenters. The third kappa shape index (κ3) is 10.5. The molecule has 2 nitrogen and oxygen atoms in total. The van der Waals surface area contributed by atoms with Gasteiger partial charge in [-0.3, -0.25) is 4.79 Å². The highest BCUT2D eigenvalue weighted by Gasteiger charge is 2.27. The first-order chi connectivity index (χ1) is 17.2. The molecule has 0 heterocycles. The number of esters is 1. The third-order valence-electron chi connectivity index (χ3n) is 8.65. The van der Waals surface area contributed by atoms with Gasteiger partial charge in [0.25, 0.3) is 0 Å². The maximum atomic E-state index is 12.6. The summed E-state index contributed by atoms with van der Waals surface area (Å²) in [6.07, 6.45) is 28.0. The summed E-state index contributed by atoms with van der Waals surface area (Å²) in [4.78, 5) is 12.6. The number of allylic oxidation sites excluding steroid dienone is 2. The van der Waals surface area contributed by atoms with Crippen molar-refractivity contribution in [3.63, 3.8) is 0 Å². The molecular formula is C33H52O2. The van der Waals surface area contributed by atoms with E-state index in [2.05, 4.69) is 38.1 Å². The largest absolute Gasteiger partial charge is 0.426 e. The van der Waals surface area contributed by atoms with Crippen molar-refractivity contribution in [1.29, 1.82) is 0 Å². The van der Waals surface area contributed by atoms with Crippen LogP contribution in [0.5, 0.6) is 5.75 Å². The molecule has 0 spiro atoms. The molecule has 0 amide bonds. The van der Waals surface area contributed by atoms with Crippen LogP contribution in [0.3, 0.4) is 0 Å². The van der Waals surface area contributed by atoms with Crippen LogP contribution >= 0.6 is 0 Å². The molecule has 0 aromatic heterocycles. The molecule has 2 aliphatic carbocycles. The van der Waals surface area contributed by atoms with E-state index in [-0.39, 0.29) is 11.9 Å². The number of aryl methyl sites for hydroxylation is 1. The highest BCUT2D eigenvalue weighted by atomic mass is 16.5. The van der Waals surface area contributed by atoms with E-state index in [1.807, 2.05) is 12.1 Å². The highest BCUT2D eigenvalue weighted by molar-refractivity contribution is 5.75. The predicted octanol–water partition coefficient (Wildman–Crippen LogP) is 9.85. The molecule has 2 heteroatoms. The summed E-state index contributed by atoms with van der Waals surface area (Å²) < 4.78 is 5.73. The average molecular weight is 481 g/mol. The molecule has 0 N–H and O–H groups in total. The molecule has 1 aromatic rings. The maximum Gasteiger partial charge on any atom is 0.314 e. The van der Waals surface area contributed by atoms with Crippen LogP contribution in [-0.2, 0) is 11.2 Å². The van der Waals surface area contributed by atoms with Gasteiger partial charge in [0.05, 0.1) is 5.92 Å². The third-order valence-corrected chi connectivity index (χ3v) is 8.65. The SMILES string of the molecule is CCCCCC1CCC(/C=C/CCc2ccc(OC(=O)C3CCC(CCCCC)CC3)cc2)CC1. The fourth-order valence-electron chi connectivity index (χ4n) is 6.18. The number of unbranched alkanes of at least 4 members (excludes halogenated alkanes) is 4. The second-order valence-corrected chi connectivity index (χ2v) is 11.5. The van der Waals surface area contributed by atoms with Crippen molar-refractivity contribution < 1.29 is 9.53 Å². The summed E-state index contributed by atoms with van der Waals surface area (Å²) in [5, 5.41) is 0. The van der Waals surface area contributed by atoms with Crippen LogP contribution in [0, 0.1) is 23.7 Å². The van der Waals surface area contributed by atoms with Crippen LogP contribution in [0.25, 0.3) is 0 Å². The van der Waals surface area contributed by atoms with Crippen molar-refractivity contribution in [3.8, 4) is 5.75 Å². The van der Waals surface area contributed by atoms with Crippen molar-refractivity contribution in [3.05, 3.63) is 42.0 Å². The van der Waals surface area contributed by atoms with Crippen LogP contribution < -0.4 is 4.74 Å². The number of hydrogen-bond acceptors (Lipinski definition) is 2. The second kappa shape index (κ2) is 16.2. The van der Waals surface area contributed by atoms with E-state index < -0.39 is 0 Å². The number of hydrogen-bond donors (Lipinski definition) is 0. The Morgan fingerprint density at radius 3 is 1.94 bits per heavy atom. The Morgan fingerprint density at radius 1 is 0.800 bits per heavy atom. The lowest BCUT2D eigenvalue weighted by atomic mass is 9.79. The summed E-state index contributed by atoms with van der Waals surface area (Å²) in [5.74, 6) is 3.39. The normalized spacial score (nSPS) is 25.1.